The van der Waals surface area contributed by atoms with Crippen LogP contribution >= 0.6 is 0 Å². The van der Waals surface area contributed by atoms with Crippen molar-refractivity contribution in [1.29, 1.82) is 0 Å². The summed E-state index contributed by atoms with van der Waals surface area (Å²) in [6, 6.07) is 5.49. The van der Waals surface area contributed by atoms with E-state index >= 15 is 0 Å². The number of nitrogens with one attached hydrogen (secondary N) is 1. The third-order valence-electron chi connectivity index (χ3n) is 5.38. The lowest BCUT2D eigenvalue weighted by molar-refractivity contribution is 0.142. The van der Waals surface area contributed by atoms with E-state index in [-0.39, 0.29) is 17.6 Å². The Hall–Kier alpha value is -3.31. The molecule has 2 aliphatic rings. The maximum Gasteiger partial charge on any atom is 0.327 e. The number of hydrogen-bond acceptors (Lipinski definition) is 5. The van der Waals surface area contributed by atoms with Gasteiger partial charge in [-0.2, -0.15) is 0 Å². The molecular weight excluding hydrogens is 356 g/mol. The fourth-order valence-electron chi connectivity index (χ4n) is 3.98. The summed E-state index contributed by atoms with van der Waals surface area (Å²) >= 11 is 0. The predicted octanol–water partition coefficient (Wildman–Crippen LogP) is 3.26. The first-order chi connectivity index (χ1) is 13.7. The molecule has 1 aromatic carbocycles. The molecule has 28 heavy (non-hydrogen) atoms. The molecule has 1 saturated heterocycles. The summed E-state index contributed by atoms with van der Waals surface area (Å²) in [4.78, 5) is 32.6. The smallest absolute Gasteiger partial charge is 0.327 e. The van der Waals surface area contributed by atoms with Gasteiger partial charge in [0.25, 0.3) is 0 Å². The molecule has 2 aromatic heterocycles. The molecule has 0 aliphatic carbocycles. The Balaban J connectivity index is 1.60. The summed E-state index contributed by atoms with van der Waals surface area (Å²) in [6.45, 7) is 8.62. The molecule has 2 aliphatic heterocycles. The third-order valence-corrected chi connectivity index (χ3v) is 5.38. The van der Waals surface area contributed by atoms with Crippen LogP contribution in [-0.4, -0.2) is 38.9 Å². The second kappa shape index (κ2) is 6.69. The number of aromatic nitrogens is 4. The zero-order chi connectivity index (χ0) is 19.1. The molecule has 140 valence electrons. The van der Waals surface area contributed by atoms with Crippen molar-refractivity contribution in [2.75, 3.05) is 13.2 Å². The van der Waals surface area contributed by atoms with Crippen LogP contribution in [0.3, 0.4) is 0 Å². The van der Waals surface area contributed by atoms with Gasteiger partial charge in [-0.3, -0.25) is 9.56 Å². The van der Waals surface area contributed by atoms with Crippen molar-refractivity contribution >= 4 is 28.8 Å². The number of rotatable bonds is 2. The van der Waals surface area contributed by atoms with E-state index in [1.807, 2.05) is 12.1 Å². The Kier molecular flexibility index (Phi) is 4.02. The van der Waals surface area contributed by atoms with Crippen LogP contribution in [0.25, 0.3) is 16.0 Å². The molecule has 8 nitrogen and oxygen atoms in total. The van der Waals surface area contributed by atoms with Crippen LogP contribution in [0.2, 0.25) is 0 Å². The molecule has 0 amide bonds. The number of hydrogen-bond donors (Lipinski definition) is 1. The van der Waals surface area contributed by atoms with Crippen molar-refractivity contribution in [2.24, 2.45) is 4.99 Å². The van der Waals surface area contributed by atoms with E-state index < -0.39 is 0 Å². The van der Waals surface area contributed by atoms with Crippen molar-refractivity contribution in [3.63, 3.8) is 0 Å². The molecule has 0 radical (unpaired) electrons. The third kappa shape index (κ3) is 2.72. The topological polar surface area (TPSA) is 89.5 Å². The average Bonchev–Trinajstić information content (AvgIpc) is 3.16. The van der Waals surface area contributed by atoms with Crippen LogP contribution < -0.4 is 5.69 Å². The first-order valence-corrected chi connectivity index (χ1v) is 9.35. The molecule has 0 spiro atoms. The Labute approximate surface area is 160 Å². The fraction of sp³-hybridized carbons (Fsp3) is 0.350. The monoisotopic (exact) mass is 374 g/mol. The molecule has 3 aromatic rings. The lowest BCUT2D eigenvalue weighted by Crippen LogP contribution is -2.23. The van der Waals surface area contributed by atoms with E-state index in [0.717, 1.165) is 37.1 Å². The van der Waals surface area contributed by atoms with Gasteiger partial charge in [0, 0.05) is 25.5 Å². The summed E-state index contributed by atoms with van der Waals surface area (Å²) in [5.74, 6) is 0.353. The molecular formula is C20H18N6O2. The lowest BCUT2D eigenvalue weighted by atomic mass is 9.99. The summed E-state index contributed by atoms with van der Waals surface area (Å²) in [6.07, 6.45) is 6.05. The maximum absolute atomic E-state index is 12.6. The van der Waals surface area contributed by atoms with Gasteiger partial charge < -0.3 is 9.72 Å². The number of H-pyrrole nitrogens is 1. The normalized spacial score (nSPS) is 21.4. The second-order valence-corrected chi connectivity index (χ2v) is 7.07. The second-order valence-electron chi connectivity index (χ2n) is 7.07. The molecule has 1 fully saturated rings. The van der Waals surface area contributed by atoms with Gasteiger partial charge >= 0.3 is 5.69 Å². The first-order valence-electron chi connectivity index (χ1n) is 9.35. The van der Waals surface area contributed by atoms with E-state index in [4.69, 9.17) is 16.3 Å². The number of aromatic amines is 1. The minimum Gasteiger partial charge on any atom is -0.381 e. The van der Waals surface area contributed by atoms with Crippen LogP contribution in [0.5, 0.6) is 0 Å². The van der Waals surface area contributed by atoms with Crippen molar-refractivity contribution in [1.82, 2.24) is 19.5 Å². The van der Waals surface area contributed by atoms with Gasteiger partial charge in [-0.1, -0.05) is 12.1 Å². The summed E-state index contributed by atoms with van der Waals surface area (Å²) in [7, 11) is 0. The molecule has 4 heterocycles. The van der Waals surface area contributed by atoms with Crippen molar-refractivity contribution in [2.45, 2.75) is 31.2 Å². The van der Waals surface area contributed by atoms with Crippen molar-refractivity contribution in [3.05, 3.63) is 57.7 Å². The fourth-order valence-corrected chi connectivity index (χ4v) is 3.98. The maximum atomic E-state index is 12.6. The molecule has 2 atom stereocenters. The SMILES string of the molecule is [C-]#[N+]c1ccc2c(c1)C(c1ncc3[nH]c(=O)n(C4CCCOCC4)c3n1)C=N2. The van der Waals surface area contributed by atoms with E-state index in [9.17, 15) is 4.79 Å². The molecule has 8 heteroatoms. The molecule has 2 unspecified atom stereocenters. The Morgan fingerprint density at radius 3 is 3.11 bits per heavy atom. The standard InChI is InChI=1S/C20H18N6O2/c1-21-12-4-5-16-14(9-12)15(10-22-16)18-23-11-17-19(25-18)26(20(27)24-17)13-3-2-7-28-8-6-13/h4-5,9-11,13,15H,2-3,6-8H2,(H,24,27). The number of imidazole rings is 1. The number of aliphatic imine (C=N–C) groups is 1. The van der Waals surface area contributed by atoms with Gasteiger partial charge in [-0.25, -0.2) is 19.6 Å². The van der Waals surface area contributed by atoms with Gasteiger partial charge in [-0.15, -0.1) is 0 Å². The van der Waals surface area contributed by atoms with Gasteiger partial charge in [0.15, 0.2) is 11.3 Å². The number of fused-ring (bicyclic) bond motifs is 2. The number of benzene rings is 1. The van der Waals surface area contributed by atoms with Crippen LogP contribution in [-0.2, 0) is 4.74 Å². The largest absolute Gasteiger partial charge is 0.381 e. The molecule has 5 rings (SSSR count). The van der Waals surface area contributed by atoms with Gasteiger partial charge in [0.2, 0.25) is 0 Å². The summed E-state index contributed by atoms with van der Waals surface area (Å²) < 4.78 is 7.29. The highest BCUT2D eigenvalue weighted by Gasteiger charge is 2.26. The van der Waals surface area contributed by atoms with E-state index in [1.165, 1.54) is 0 Å². The number of ether oxygens (including phenoxy) is 1. The van der Waals surface area contributed by atoms with Gasteiger partial charge in [-0.05, 0) is 30.9 Å². The first kappa shape index (κ1) is 16.8. The minimum absolute atomic E-state index is 0.0600. The highest BCUT2D eigenvalue weighted by Crippen LogP contribution is 2.37. The van der Waals surface area contributed by atoms with E-state index in [1.54, 1.807) is 23.0 Å². The van der Waals surface area contributed by atoms with Gasteiger partial charge in [0.05, 0.1) is 24.4 Å². The Morgan fingerprint density at radius 2 is 2.21 bits per heavy atom. The highest BCUT2D eigenvalue weighted by atomic mass is 16.5. The van der Waals surface area contributed by atoms with Crippen LogP contribution in [0.15, 0.2) is 34.2 Å². The van der Waals surface area contributed by atoms with E-state index in [2.05, 4.69) is 19.8 Å². The zero-order valence-corrected chi connectivity index (χ0v) is 15.1. The van der Waals surface area contributed by atoms with Gasteiger partial charge in [0.1, 0.15) is 11.3 Å². The van der Waals surface area contributed by atoms with Crippen LogP contribution in [0.1, 0.15) is 42.6 Å². The van der Waals surface area contributed by atoms with Crippen LogP contribution in [0, 0.1) is 6.57 Å². The highest BCUT2D eigenvalue weighted by molar-refractivity contribution is 5.85. The molecule has 1 N–H and O–H groups in total. The minimum atomic E-state index is -0.225. The van der Waals surface area contributed by atoms with E-state index in [0.29, 0.717) is 29.3 Å². The predicted molar refractivity (Wildman–Crippen MR) is 105 cm³/mol. The van der Waals surface area contributed by atoms with Crippen LogP contribution in [0.4, 0.5) is 11.4 Å². The Bertz CT molecular complexity index is 1180. The number of nitrogens with zero attached hydrogens (tertiary/aromatic N) is 5. The summed E-state index contributed by atoms with van der Waals surface area (Å²) in [5, 5.41) is 0. The van der Waals surface area contributed by atoms with Crippen molar-refractivity contribution in [3.8, 4) is 0 Å². The summed E-state index contributed by atoms with van der Waals surface area (Å²) in [5.41, 5.74) is 3.39. The Morgan fingerprint density at radius 1 is 1.29 bits per heavy atom. The quantitative estimate of drug-likeness (QED) is 0.697. The zero-order valence-electron chi connectivity index (χ0n) is 15.1. The lowest BCUT2D eigenvalue weighted by Gasteiger charge is -2.15. The molecule has 0 saturated carbocycles. The molecule has 0 bridgehead atoms. The van der Waals surface area contributed by atoms with Crippen molar-refractivity contribution < 1.29 is 4.74 Å². The average molecular weight is 374 g/mol.